The van der Waals surface area contributed by atoms with Crippen molar-refractivity contribution in [1.29, 1.82) is 0 Å². The van der Waals surface area contributed by atoms with E-state index in [1.807, 2.05) is 18.2 Å². The van der Waals surface area contributed by atoms with Crippen LogP contribution in [0.1, 0.15) is 5.56 Å². The molecule has 0 aliphatic carbocycles. The summed E-state index contributed by atoms with van der Waals surface area (Å²) < 4.78 is 5.15. The third kappa shape index (κ3) is 2.46. The lowest BCUT2D eigenvalue weighted by molar-refractivity contribution is 0.415. The molecular formula is C12H14N2OS. The maximum Gasteiger partial charge on any atom is 0.121 e. The average molecular weight is 234 g/mol. The summed E-state index contributed by atoms with van der Waals surface area (Å²) >= 11 is 1.69. The Morgan fingerprint density at radius 1 is 1.38 bits per heavy atom. The number of hydrogen-bond donors (Lipinski definition) is 2. The number of nitrogen functional groups attached to an aromatic ring is 1. The van der Waals surface area contributed by atoms with Crippen molar-refractivity contribution in [3.63, 3.8) is 0 Å². The SMILES string of the molecule is COc1ccc(N)c(NCc2ccsc2)c1. The predicted octanol–water partition coefficient (Wildman–Crippen LogP) is 2.95. The molecule has 0 fully saturated rings. The smallest absolute Gasteiger partial charge is 0.121 e. The summed E-state index contributed by atoms with van der Waals surface area (Å²) in [4.78, 5) is 0. The van der Waals surface area contributed by atoms with E-state index >= 15 is 0 Å². The Kier molecular flexibility index (Phi) is 3.31. The molecule has 16 heavy (non-hydrogen) atoms. The summed E-state index contributed by atoms with van der Waals surface area (Å²) in [5.41, 5.74) is 8.77. The predicted molar refractivity (Wildman–Crippen MR) is 69.1 cm³/mol. The van der Waals surface area contributed by atoms with E-state index in [2.05, 4.69) is 22.1 Å². The van der Waals surface area contributed by atoms with E-state index in [-0.39, 0.29) is 0 Å². The van der Waals surface area contributed by atoms with Crippen molar-refractivity contribution in [2.24, 2.45) is 0 Å². The minimum atomic E-state index is 0.732. The highest BCUT2D eigenvalue weighted by molar-refractivity contribution is 7.07. The first-order valence-electron chi connectivity index (χ1n) is 4.98. The van der Waals surface area contributed by atoms with Gasteiger partial charge in [0.1, 0.15) is 5.75 Å². The minimum Gasteiger partial charge on any atom is -0.497 e. The summed E-state index contributed by atoms with van der Waals surface area (Å²) in [5.74, 6) is 0.807. The highest BCUT2D eigenvalue weighted by atomic mass is 32.1. The normalized spacial score (nSPS) is 10.1. The largest absolute Gasteiger partial charge is 0.497 e. The number of thiophene rings is 1. The van der Waals surface area contributed by atoms with Gasteiger partial charge in [-0.2, -0.15) is 11.3 Å². The Balaban J connectivity index is 2.08. The molecule has 84 valence electrons. The van der Waals surface area contributed by atoms with Crippen LogP contribution in [0.2, 0.25) is 0 Å². The van der Waals surface area contributed by atoms with Crippen LogP contribution in [-0.4, -0.2) is 7.11 Å². The highest BCUT2D eigenvalue weighted by Crippen LogP contribution is 2.24. The second-order valence-electron chi connectivity index (χ2n) is 3.44. The van der Waals surface area contributed by atoms with Crippen molar-refractivity contribution in [2.75, 3.05) is 18.2 Å². The molecule has 1 aromatic carbocycles. The molecule has 4 heteroatoms. The van der Waals surface area contributed by atoms with Crippen LogP contribution < -0.4 is 15.8 Å². The van der Waals surface area contributed by atoms with E-state index in [4.69, 9.17) is 10.5 Å². The maximum atomic E-state index is 5.87. The molecule has 2 aromatic rings. The number of benzene rings is 1. The summed E-state index contributed by atoms with van der Waals surface area (Å²) in [6, 6.07) is 7.69. The zero-order valence-electron chi connectivity index (χ0n) is 9.07. The molecular weight excluding hydrogens is 220 g/mol. The lowest BCUT2D eigenvalue weighted by atomic mass is 10.2. The number of nitrogens with two attached hydrogens (primary N) is 1. The molecule has 0 saturated heterocycles. The van der Waals surface area contributed by atoms with E-state index in [1.165, 1.54) is 5.56 Å². The van der Waals surface area contributed by atoms with Crippen LogP contribution in [-0.2, 0) is 6.54 Å². The van der Waals surface area contributed by atoms with Gasteiger partial charge >= 0.3 is 0 Å². The van der Waals surface area contributed by atoms with Gasteiger partial charge in [0, 0.05) is 12.6 Å². The molecule has 0 amide bonds. The molecule has 0 unspecified atom stereocenters. The van der Waals surface area contributed by atoms with Gasteiger partial charge in [-0.25, -0.2) is 0 Å². The number of anilines is 2. The van der Waals surface area contributed by atoms with Crippen LogP contribution in [0.3, 0.4) is 0 Å². The Bertz CT molecular complexity index is 454. The fourth-order valence-electron chi connectivity index (χ4n) is 1.41. The fraction of sp³-hybridized carbons (Fsp3) is 0.167. The van der Waals surface area contributed by atoms with Gasteiger partial charge in [0.15, 0.2) is 0 Å². The average Bonchev–Trinajstić information content (AvgIpc) is 2.81. The van der Waals surface area contributed by atoms with Crippen molar-refractivity contribution in [3.8, 4) is 5.75 Å². The Hall–Kier alpha value is -1.68. The van der Waals surface area contributed by atoms with Gasteiger partial charge in [0.05, 0.1) is 18.5 Å². The monoisotopic (exact) mass is 234 g/mol. The van der Waals surface area contributed by atoms with Crippen LogP contribution in [0, 0.1) is 0 Å². The van der Waals surface area contributed by atoms with E-state index in [9.17, 15) is 0 Å². The second-order valence-corrected chi connectivity index (χ2v) is 4.22. The first-order chi connectivity index (χ1) is 7.79. The molecule has 0 aliphatic rings. The second kappa shape index (κ2) is 4.90. The number of hydrogen-bond acceptors (Lipinski definition) is 4. The summed E-state index contributed by atoms with van der Waals surface area (Å²) in [6.07, 6.45) is 0. The van der Waals surface area contributed by atoms with Crippen molar-refractivity contribution in [2.45, 2.75) is 6.54 Å². The van der Waals surface area contributed by atoms with E-state index in [0.29, 0.717) is 0 Å². The third-order valence-electron chi connectivity index (χ3n) is 2.32. The Morgan fingerprint density at radius 2 is 2.25 bits per heavy atom. The van der Waals surface area contributed by atoms with Gasteiger partial charge in [-0.15, -0.1) is 0 Å². The quantitative estimate of drug-likeness (QED) is 0.800. The molecule has 3 nitrogen and oxygen atoms in total. The summed E-state index contributed by atoms with van der Waals surface area (Å²) in [6.45, 7) is 0.779. The third-order valence-corrected chi connectivity index (χ3v) is 3.06. The molecule has 0 radical (unpaired) electrons. The molecule has 2 rings (SSSR count). The van der Waals surface area contributed by atoms with Gasteiger partial charge < -0.3 is 15.8 Å². The minimum absolute atomic E-state index is 0.732. The topological polar surface area (TPSA) is 47.3 Å². The van der Waals surface area contributed by atoms with Crippen molar-refractivity contribution >= 4 is 22.7 Å². The number of nitrogens with one attached hydrogen (secondary N) is 1. The van der Waals surface area contributed by atoms with E-state index in [0.717, 1.165) is 23.7 Å². The first kappa shape index (κ1) is 10.8. The van der Waals surface area contributed by atoms with E-state index in [1.54, 1.807) is 18.4 Å². The number of ether oxygens (including phenoxy) is 1. The lowest BCUT2D eigenvalue weighted by Gasteiger charge is -2.10. The fourth-order valence-corrected chi connectivity index (χ4v) is 2.07. The first-order valence-corrected chi connectivity index (χ1v) is 5.92. The van der Waals surface area contributed by atoms with Crippen molar-refractivity contribution in [1.82, 2.24) is 0 Å². The van der Waals surface area contributed by atoms with Crippen LogP contribution in [0.15, 0.2) is 35.0 Å². The van der Waals surface area contributed by atoms with Gasteiger partial charge in [-0.3, -0.25) is 0 Å². The van der Waals surface area contributed by atoms with E-state index < -0.39 is 0 Å². The molecule has 0 saturated carbocycles. The van der Waals surface area contributed by atoms with Crippen LogP contribution in [0.25, 0.3) is 0 Å². The number of rotatable bonds is 4. The molecule has 0 atom stereocenters. The molecule has 0 spiro atoms. The highest BCUT2D eigenvalue weighted by Gasteiger charge is 2.01. The van der Waals surface area contributed by atoms with Gasteiger partial charge in [-0.1, -0.05) is 0 Å². The van der Waals surface area contributed by atoms with Crippen molar-refractivity contribution < 1.29 is 4.74 Å². The summed E-state index contributed by atoms with van der Waals surface area (Å²) in [7, 11) is 1.65. The standard InChI is InChI=1S/C12H14N2OS/c1-15-10-2-3-11(13)12(6-10)14-7-9-4-5-16-8-9/h2-6,8,14H,7,13H2,1H3. The molecule has 0 aliphatic heterocycles. The van der Waals surface area contributed by atoms with Crippen molar-refractivity contribution in [3.05, 3.63) is 40.6 Å². The van der Waals surface area contributed by atoms with Gasteiger partial charge in [-0.05, 0) is 34.5 Å². The van der Waals surface area contributed by atoms with Crippen LogP contribution in [0.5, 0.6) is 5.75 Å². The Labute approximate surface area is 98.9 Å². The van der Waals surface area contributed by atoms with Crippen LogP contribution in [0.4, 0.5) is 11.4 Å². The molecule has 0 bridgehead atoms. The number of methoxy groups -OCH3 is 1. The maximum absolute atomic E-state index is 5.87. The zero-order valence-corrected chi connectivity index (χ0v) is 9.88. The Morgan fingerprint density at radius 3 is 2.94 bits per heavy atom. The molecule has 3 N–H and O–H groups in total. The molecule has 1 aromatic heterocycles. The van der Waals surface area contributed by atoms with Crippen LogP contribution >= 0.6 is 11.3 Å². The zero-order chi connectivity index (χ0) is 11.4. The van der Waals surface area contributed by atoms with Gasteiger partial charge in [0.25, 0.3) is 0 Å². The van der Waals surface area contributed by atoms with Gasteiger partial charge in [0.2, 0.25) is 0 Å². The molecule has 1 heterocycles. The lowest BCUT2D eigenvalue weighted by Crippen LogP contribution is -2.01. The summed E-state index contributed by atoms with van der Waals surface area (Å²) in [5, 5.41) is 7.47.